The lowest BCUT2D eigenvalue weighted by atomic mass is 10.1. The highest BCUT2D eigenvalue weighted by Crippen LogP contribution is 2.22. The fourth-order valence-electron chi connectivity index (χ4n) is 2.87. The van der Waals surface area contributed by atoms with Gasteiger partial charge >= 0.3 is 0 Å². The summed E-state index contributed by atoms with van der Waals surface area (Å²) in [4.78, 5) is 22.9. The molecule has 3 aromatic rings. The number of aromatic amines is 1. The first-order valence-electron chi connectivity index (χ1n) is 9.06. The zero-order chi connectivity index (χ0) is 20.3. The largest absolute Gasteiger partial charge is 0.368 e. The lowest BCUT2D eigenvalue weighted by Gasteiger charge is -2.14. The van der Waals surface area contributed by atoms with Gasteiger partial charge < -0.3 is 16.0 Å². The molecule has 1 atom stereocenters. The Hall–Kier alpha value is -3.42. The van der Waals surface area contributed by atoms with Gasteiger partial charge in [-0.15, -0.1) is 0 Å². The van der Waals surface area contributed by atoms with E-state index in [0.717, 1.165) is 22.8 Å². The summed E-state index contributed by atoms with van der Waals surface area (Å²) in [6, 6.07) is 11.1. The van der Waals surface area contributed by atoms with Gasteiger partial charge in [0.1, 0.15) is 5.82 Å². The molecule has 2 heterocycles. The van der Waals surface area contributed by atoms with Crippen molar-refractivity contribution in [3.8, 4) is 11.3 Å². The first kappa shape index (κ1) is 19.3. The summed E-state index contributed by atoms with van der Waals surface area (Å²) in [6.45, 7) is 3.91. The minimum Gasteiger partial charge on any atom is -0.368 e. The number of anilines is 2. The van der Waals surface area contributed by atoms with Gasteiger partial charge in [0, 0.05) is 49.4 Å². The van der Waals surface area contributed by atoms with Crippen molar-refractivity contribution in [3.63, 3.8) is 0 Å². The lowest BCUT2D eigenvalue weighted by molar-refractivity contribution is 0.0940. The second-order valence-corrected chi connectivity index (χ2v) is 7.06. The second-order valence-electron chi connectivity index (χ2n) is 7.06. The van der Waals surface area contributed by atoms with Crippen LogP contribution in [-0.2, 0) is 6.42 Å². The Labute approximate surface area is 164 Å². The molecule has 0 aliphatic carbocycles. The molecule has 28 heavy (non-hydrogen) atoms. The van der Waals surface area contributed by atoms with Crippen molar-refractivity contribution in [2.45, 2.75) is 26.3 Å². The van der Waals surface area contributed by atoms with Crippen molar-refractivity contribution >= 4 is 17.7 Å². The molecule has 0 saturated carbocycles. The summed E-state index contributed by atoms with van der Waals surface area (Å²) in [5.41, 5.74) is 9.92. The van der Waals surface area contributed by atoms with E-state index in [0.29, 0.717) is 17.7 Å². The Bertz CT molecular complexity index is 963. The van der Waals surface area contributed by atoms with E-state index in [1.54, 1.807) is 12.1 Å². The summed E-state index contributed by atoms with van der Waals surface area (Å²) < 4.78 is 0. The number of hydrogen-bond acceptors (Lipinski definition) is 6. The number of benzene rings is 1. The number of nitrogens with two attached hydrogens (primary N) is 1. The summed E-state index contributed by atoms with van der Waals surface area (Å²) in [5, 5.41) is 10.1. The Morgan fingerprint density at radius 3 is 2.54 bits per heavy atom. The van der Waals surface area contributed by atoms with Crippen LogP contribution in [0.25, 0.3) is 11.3 Å². The molecule has 0 aliphatic heterocycles. The molecule has 2 aromatic heterocycles. The quantitative estimate of drug-likeness (QED) is 0.605. The fraction of sp³-hybridized carbons (Fsp3) is 0.300. The summed E-state index contributed by atoms with van der Waals surface area (Å²) >= 11 is 0. The Morgan fingerprint density at radius 1 is 1.21 bits per heavy atom. The number of nitrogens with zero attached hydrogens (tertiary/aromatic N) is 4. The maximum Gasteiger partial charge on any atom is 0.251 e. The zero-order valence-corrected chi connectivity index (χ0v) is 16.5. The molecule has 146 valence electrons. The van der Waals surface area contributed by atoms with Crippen LogP contribution < -0.4 is 16.0 Å². The average molecular weight is 379 g/mol. The third-order valence-corrected chi connectivity index (χ3v) is 4.28. The molecule has 1 unspecified atom stereocenters. The van der Waals surface area contributed by atoms with Gasteiger partial charge in [0.2, 0.25) is 5.95 Å². The van der Waals surface area contributed by atoms with Gasteiger partial charge in [-0.05, 0) is 32.0 Å². The van der Waals surface area contributed by atoms with E-state index in [4.69, 9.17) is 5.73 Å². The number of carbonyl (C=O) groups excluding carboxylic acids is 1. The molecule has 1 amide bonds. The van der Waals surface area contributed by atoms with Crippen LogP contribution in [0.5, 0.6) is 0 Å². The molecule has 0 radical (unpaired) electrons. The van der Waals surface area contributed by atoms with Gasteiger partial charge in [0.15, 0.2) is 0 Å². The molecule has 0 spiro atoms. The predicted molar refractivity (Wildman–Crippen MR) is 110 cm³/mol. The van der Waals surface area contributed by atoms with Crippen LogP contribution in [0.15, 0.2) is 36.4 Å². The average Bonchev–Trinajstić information content (AvgIpc) is 3.05. The summed E-state index contributed by atoms with van der Waals surface area (Å²) in [7, 11) is 3.79. The molecular weight excluding hydrogens is 354 g/mol. The minimum atomic E-state index is -0.123. The number of carbonyl (C=O) groups is 1. The van der Waals surface area contributed by atoms with E-state index in [1.807, 2.05) is 57.1 Å². The van der Waals surface area contributed by atoms with Gasteiger partial charge in [-0.1, -0.05) is 12.1 Å². The predicted octanol–water partition coefficient (Wildman–Crippen LogP) is 2.18. The molecule has 1 aromatic carbocycles. The van der Waals surface area contributed by atoms with E-state index in [9.17, 15) is 4.79 Å². The van der Waals surface area contributed by atoms with E-state index in [2.05, 4.69) is 25.5 Å². The highest BCUT2D eigenvalue weighted by molar-refractivity contribution is 5.94. The molecule has 0 saturated heterocycles. The Balaban J connectivity index is 1.69. The van der Waals surface area contributed by atoms with Crippen molar-refractivity contribution in [1.29, 1.82) is 0 Å². The van der Waals surface area contributed by atoms with Crippen LogP contribution in [0.3, 0.4) is 0 Å². The number of nitrogen functional groups attached to an aromatic ring is 1. The van der Waals surface area contributed by atoms with Gasteiger partial charge in [-0.25, -0.2) is 4.98 Å². The third kappa shape index (κ3) is 4.64. The highest BCUT2D eigenvalue weighted by Gasteiger charge is 2.13. The fourth-order valence-corrected chi connectivity index (χ4v) is 2.87. The van der Waals surface area contributed by atoms with Gasteiger partial charge in [0.25, 0.3) is 5.91 Å². The van der Waals surface area contributed by atoms with Crippen molar-refractivity contribution in [2.75, 3.05) is 24.7 Å². The topological polar surface area (TPSA) is 113 Å². The monoisotopic (exact) mass is 379 g/mol. The maximum atomic E-state index is 12.5. The molecule has 0 aliphatic rings. The van der Waals surface area contributed by atoms with Crippen molar-refractivity contribution in [2.24, 2.45) is 0 Å². The van der Waals surface area contributed by atoms with Crippen molar-refractivity contribution in [3.05, 3.63) is 53.3 Å². The first-order chi connectivity index (χ1) is 13.3. The van der Waals surface area contributed by atoms with Gasteiger partial charge in [0.05, 0.1) is 11.4 Å². The number of nitrogens with one attached hydrogen (secondary N) is 2. The first-order valence-corrected chi connectivity index (χ1v) is 9.06. The molecular formula is C20H25N7O. The summed E-state index contributed by atoms with van der Waals surface area (Å²) in [6.07, 6.45) is 0.668. The smallest absolute Gasteiger partial charge is 0.251 e. The van der Waals surface area contributed by atoms with Crippen LogP contribution in [0.2, 0.25) is 0 Å². The van der Waals surface area contributed by atoms with Crippen LogP contribution in [0.4, 0.5) is 11.8 Å². The number of amides is 1. The van der Waals surface area contributed by atoms with Gasteiger partial charge in [-0.3, -0.25) is 9.89 Å². The maximum absolute atomic E-state index is 12.5. The standard InChI is InChI=1S/C20H25N7O/c1-12(9-16-10-13(2)25-26-16)22-19(28)15-7-5-14(6-8-15)17-11-18(27(3)4)24-20(21)23-17/h5-8,10-12H,9H2,1-4H3,(H,22,28)(H,25,26)(H2,21,23,24). The lowest BCUT2D eigenvalue weighted by Crippen LogP contribution is -2.34. The van der Waals surface area contributed by atoms with Crippen LogP contribution >= 0.6 is 0 Å². The van der Waals surface area contributed by atoms with E-state index in [-0.39, 0.29) is 17.9 Å². The molecule has 0 fully saturated rings. The van der Waals surface area contributed by atoms with Gasteiger partial charge in [-0.2, -0.15) is 10.1 Å². The molecule has 0 bridgehead atoms. The zero-order valence-electron chi connectivity index (χ0n) is 16.5. The van der Waals surface area contributed by atoms with E-state index >= 15 is 0 Å². The minimum absolute atomic E-state index is 0.0285. The summed E-state index contributed by atoms with van der Waals surface area (Å²) in [5.74, 6) is 0.819. The highest BCUT2D eigenvalue weighted by atomic mass is 16.1. The van der Waals surface area contributed by atoms with Crippen molar-refractivity contribution in [1.82, 2.24) is 25.5 Å². The Kier molecular flexibility index (Phi) is 5.58. The normalized spacial score (nSPS) is 11.9. The SMILES string of the molecule is Cc1cc(CC(C)NC(=O)c2ccc(-c3cc(N(C)C)nc(N)n3)cc2)n[nH]1. The molecule has 3 rings (SSSR count). The third-order valence-electron chi connectivity index (χ3n) is 4.28. The number of hydrogen-bond donors (Lipinski definition) is 3. The number of aryl methyl sites for hydroxylation is 1. The molecule has 8 heteroatoms. The number of aromatic nitrogens is 4. The van der Waals surface area contributed by atoms with Crippen LogP contribution in [-0.4, -0.2) is 46.2 Å². The number of rotatable bonds is 6. The Morgan fingerprint density at radius 2 is 1.93 bits per heavy atom. The van der Waals surface area contributed by atoms with Crippen molar-refractivity contribution < 1.29 is 4.79 Å². The number of H-pyrrole nitrogens is 1. The molecule has 8 nitrogen and oxygen atoms in total. The van der Waals surface area contributed by atoms with E-state index in [1.165, 1.54) is 0 Å². The molecule has 4 N–H and O–H groups in total. The van der Waals surface area contributed by atoms with Crippen LogP contribution in [0, 0.1) is 6.92 Å². The second kappa shape index (κ2) is 8.08. The van der Waals surface area contributed by atoms with Crippen LogP contribution in [0.1, 0.15) is 28.7 Å². The van der Waals surface area contributed by atoms with E-state index < -0.39 is 0 Å².